The topological polar surface area (TPSA) is 26.3 Å². The van der Waals surface area contributed by atoms with Crippen molar-refractivity contribution in [1.82, 2.24) is 0 Å². The van der Waals surface area contributed by atoms with Crippen molar-refractivity contribution in [2.75, 3.05) is 0 Å². The predicted molar refractivity (Wildman–Crippen MR) is 71.7 cm³/mol. The molecule has 0 spiro atoms. The van der Waals surface area contributed by atoms with Gasteiger partial charge in [-0.05, 0) is 36.2 Å². The van der Waals surface area contributed by atoms with Crippen molar-refractivity contribution < 1.29 is 9.53 Å². The monoisotopic (exact) mass is 296 g/mol. The van der Waals surface area contributed by atoms with E-state index in [-0.39, 0.29) is 17.3 Å². The summed E-state index contributed by atoms with van der Waals surface area (Å²) in [6, 6.07) is 0. The molecule has 2 rings (SSSR count). The molecule has 0 aromatic heterocycles. The number of halogens is 1. The Morgan fingerprint density at radius 1 is 1.65 bits per heavy atom. The molecule has 1 saturated heterocycles. The second-order valence-corrected chi connectivity index (χ2v) is 6.24. The molecule has 17 heavy (non-hydrogen) atoms. The van der Waals surface area contributed by atoms with Crippen LogP contribution in [-0.4, -0.2) is 11.9 Å². The zero-order valence-corrected chi connectivity index (χ0v) is 11.7. The molecule has 3 heteroatoms. The van der Waals surface area contributed by atoms with Crippen molar-refractivity contribution in [2.24, 2.45) is 5.41 Å². The lowest BCUT2D eigenvalue weighted by molar-refractivity contribution is -0.115. The summed E-state index contributed by atoms with van der Waals surface area (Å²) in [4.78, 5) is 11.6. The van der Waals surface area contributed by atoms with E-state index in [1.54, 1.807) is 6.08 Å². The third-order valence-electron chi connectivity index (χ3n) is 3.56. The number of rotatable bonds is 3. The minimum atomic E-state index is -0.149. The number of allylic oxidation sites excluding steroid dienone is 3. The van der Waals surface area contributed by atoms with Gasteiger partial charge in [0.25, 0.3) is 0 Å². The lowest BCUT2D eigenvalue weighted by Crippen LogP contribution is -2.33. The van der Waals surface area contributed by atoms with Gasteiger partial charge < -0.3 is 4.74 Å². The number of fused-ring (bicyclic) bond motifs is 1. The fourth-order valence-corrected chi connectivity index (χ4v) is 3.25. The highest BCUT2D eigenvalue weighted by Crippen LogP contribution is 2.51. The van der Waals surface area contributed by atoms with Gasteiger partial charge in [0.05, 0.1) is 0 Å². The van der Waals surface area contributed by atoms with Crippen LogP contribution in [0, 0.1) is 5.41 Å². The molecule has 2 aliphatic rings. The standard InChI is InChI=1S/C14H17BrO2/c1-9(2)12-4-5-14(7-10(3)15)8-11(16)6-13(14)17-12/h6,12H,1,3-5,7-8H2,2H3/t12-,14+/m0/s1. The summed E-state index contributed by atoms with van der Waals surface area (Å²) in [5.74, 6) is 0.999. The number of ketones is 1. The van der Waals surface area contributed by atoms with E-state index >= 15 is 0 Å². The molecule has 0 N–H and O–H groups in total. The Morgan fingerprint density at radius 3 is 2.94 bits per heavy atom. The first kappa shape index (κ1) is 12.6. The highest BCUT2D eigenvalue weighted by molar-refractivity contribution is 9.11. The van der Waals surface area contributed by atoms with Crippen LogP contribution < -0.4 is 0 Å². The Kier molecular flexibility index (Phi) is 3.30. The molecule has 0 radical (unpaired) electrons. The first-order valence-corrected chi connectivity index (χ1v) is 6.63. The second kappa shape index (κ2) is 4.45. The Bertz CT molecular complexity index is 422. The molecule has 0 aromatic rings. The van der Waals surface area contributed by atoms with E-state index in [9.17, 15) is 4.79 Å². The maximum Gasteiger partial charge on any atom is 0.160 e. The van der Waals surface area contributed by atoms with E-state index in [1.807, 2.05) is 6.92 Å². The van der Waals surface area contributed by atoms with E-state index in [1.165, 1.54) is 0 Å². The zero-order chi connectivity index (χ0) is 12.6. The fraction of sp³-hybridized carbons (Fsp3) is 0.500. The fourth-order valence-electron chi connectivity index (χ4n) is 2.71. The molecule has 1 aliphatic heterocycles. The quantitative estimate of drug-likeness (QED) is 0.739. The summed E-state index contributed by atoms with van der Waals surface area (Å²) in [7, 11) is 0. The molecule has 0 unspecified atom stereocenters. The minimum Gasteiger partial charge on any atom is -0.490 e. The summed E-state index contributed by atoms with van der Waals surface area (Å²) >= 11 is 3.40. The van der Waals surface area contributed by atoms with Crippen LogP contribution >= 0.6 is 15.9 Å². The highest BCUT2D eigenvalue weighted by atomic mass is 79.9. The van der Waals surface area contributed by atoms with E-state index in [2.05, 4.69) is 29.1 Å². The number of carbonyl (C=O) groups excluding carboxylic acids is 1. The summed E-state index contributed by atoms with van der Waals surface area (Å²) in [5, 5.41) is 0. The molecule has 1 aliphatic carbocycles. The smallest absolute Gasteiger partial charge is 0.160 e. The van der Waals surface area contributed by atoms with Gasteiger partial charge in [-0.15, -0.1) is 0 Å². The summed E-state index contributed by atoms with van der Waals surface area (Å²) in [6.45, 7) is 9.79. The Labute approximate surface area is 111 Å². The van der Waals surface area contributed by atoms with Gasteiger partial charge in [0.2, 0.25) is 0 Å². The van der Waals surface area contributed by atoms with Crippen LogP contribution in [0.5, 0.6) is 0 Å². The normalized spacial score (nSPS) is 31.5. The third-order valence-corrected chi connectivity index (χ3v) is 3.84. The van der Waals surface area contributed by atoms with Crippen LogP contribution in [-0.2, 0) is 9.53 Å². The average molecular weight is 297 g/mol. The van der Waals surface area contributed by atoms with Gasteiger partial charge in [-0.2, -0.15) is 0 Å². The Balaban J connectivity index is 2.24. The Hall–Kier alpha value is -0.830. The van der Waals surface area contributed by atoms with Crippen molar-refractivity contribution in [2.45, 2.75) is 38.7 Å². The van der Waals surface area contributed by atoms with Crippen molar-refractivity contribution in [3.05, 3.63) is 35.0 Å². The number of hydrogen-bond acceptors (Lipinski definition) is 2. The van der Waals surface area contributed by atoms with E-state index in [4.69, 9.17) is 4.74 Å². The molecular weight excluding hydrogens is 280 g/mol. The highest BCUT2D eigenvalue weighted by Gasteiger charge is 2.46. The molecule has 0 amide bonds. The molecular formula is C14H17BrO2. The maximum atomic E-state index is 11.6. The zero-order valence-electron chi connectivity index (χ0n) is 10.1. The third kappa shape index (κ3) is 2.39. The largest absolute Gasteiger partial charge is 0.490 e. The lowest BCUT2D eigenvalue weighted by Gasteiger charge is -2.39. The first-order valence-electron chi connectivity index (χ1n) is 5.83. The predicted octanol–water partition coefficient (Wildman–Crippen LogP) is 3.88. The number of ether oxygens (including phenoxy) is 1. The van der Waals surface area contributed by atoms with Crippen molar-refractivity contribution >= 4 is 21.7 Å². The summed E-state index contributed by atoms with van der Waals surface area (Å²) in [6.07, 6.45) is 4.94. The molecule has 1 fully saturated rings. The molecule has 0 saturated carbocycles. The van der Waals surface area contributed by atoms with Crippen LogP contribution in [0.2, 0.25) is 0 Å². The molecule has 1 heterocycles. The second-order valence-electron chi connectivity index (χ2n) is 5.12. The van der Waals surface area contributed by atoms with E-state index in [0.29, 0.717) is 6.42 Å². The van der Waals surface area contributed by atoms with Crippen LogP contribution in [0.1, 0.15) is 32.6 Å². The van der Waals surface area contributed by atoms with Crippen molar-refractivity contribution in [3.8, 4) is 0 Å². The van der Waals surface area contributed by atoms with Crippen LogP contribution in [0.3, 0.4) is 0 Å². The van der Waals surface area contributed by atoms with Crippen LogP contribution in [0.25, 0.3) is 0 Å². The number of hydrogen-bond donors (Lipinski definition) is 0. The SMILES string of the molecule is C=C(Br)C[C@@]12CC[C@@H](C(=C)C)OC1=CC(=O)C2. The van der Waals surface area contributed by atoms with Gasteiger partial charge in [-0.25, -0.2) is 0 Å². The van der Waals surface area contributed by atoms with Crippen LogP contribution in [0.4, 0.5) is 0 Å². The van der Waals surface area contributed by atoms with Gasteiger partial charge in [0.1, 0.15) is 11.9 Å². The summed E-state index contributed by atoms with van der Waals surface area (Å²) in [5.41, 5.74) is 0.875. The van der Waals surface area contributed by atoms with Gasteiger partial charge >= 0.3 is 0 Å². The first-order chi connectivity index (χ1) is 7.93. The van der Waals surface area contributed by atoms with Gasteiger partial charge in [-0.3, -0.25) is 4.79 Å². The van der Waals surface area contributed by atoms with E-state index < -0.39 is 0 Å². The van der Waals surface area contributed by atoms with Gasteiger partial charge in [0.15, 0.2) is 5.78 Å². The average Bonchev–Trinajstić information content (AvgIpc) is 2.50. The van der Waals surface area contributed by atoms with Crippen molar-refractivity contribution in [1.29, 1.82) is 0 Å². The van der Waals surface area contributed by atoms with Gasteiger partial charge in [0, 0.05) is 17.9 Å². The molecule has 2 atom stereocenters. The Morgan fingerprint density at radius 2 is 2.35 bits per heavy atom. The molecule has 0 aromatic carbocycles. The van der Waals surface area contributed by atoms with Crippen LogP contribution in [0.15, 0.2) is 35.0 Å². The van der Waals surface area contributed by atoms with Crippen molar-refractivity contribution in [3.63, 3.8) is 0 Å². The molecule has 2 nitrogen and oxygen atoms in total. The molecule has 92 valence electrons. The number of carbonyl (C=O) groups is 1. The summed E-state index contributed by atoms with van der Waals surface area (Å²) < 4.78 is 6.85. The molecule has 0 bridgehead atoms. The lowest BCUT2D eigenvalue weighted by atomic mass is 9.75. The van der Waals surface area contributed by atoms with Gasteiger partial charge in [-0.1, -0.05) is 29.1 Å². The van der Waals surface area contributed by atoms with E-state index in [0.717, 1.165) is 35.1 Å². The maximum absolute atomic E-state index is 11.6. The minimum absolute atomic E-state index is 0.0591.